The van der Waals surface area contributed by atoms with Crippen molar-refractivity contribution < 1.29 is 18.9 Å². The molecule has 3 aromatic rings. The molecule has 8 nitrogen and oxygen atoms in total. The monoisotopic (exact) mass is 410 g/mol. The number of hydrogen-bond acceptors (Lipinski definition) is 6. The maximum Gasteiger partial charge on any atom is 0.280 e. The quantitative estimate of drug-likeness (QED) is 0.648. The molecule has 1 aliphatic heterocycles. The second-order valence-corrected chi connectivity index (χ2v) is 6.77. The van der Waals surface area contributed by atoms with Gasteiger partial charge < -0.3 is 9.84 Å². The van der Waals surface area contributed by atoms with Gasteiger partial charge in [-0.15, -0.1) is 0 Å². The van der Waals surface area contributed by atoms with E-state index < -0.39 is 17.7 Å². The fourth-order valence-corrected chi connectivity index (χ4v) is 3.39. The summed E-state index contributed by atoms with van der Waals surface area (Å²) in [5, 5.41) is 7.10. The van der Waals surface area contributed by atoms with Crippen LogP contribution in [0.15, 0.2) is 47.1 Å². The summed E-state index contributed by atoms with van der Waals surface area (Å²) in [7, 11) is 0. The van der Waals surface area contributed by atoms with Crippen molar-refractivity contribution in [2.75, 3.05) is 13.1 Å². The van der Waals surface area contributed by atoms with E-state index in [0.717, 1.165) is 4.90 Å². The summed E-state index contributed by atoms with van der Waals surface area (Å²) in [6.45, 7) is 1.71. The van der Waals surface area contributed by atoms with Gasteiger partial charge in [0, 0.05) is 24.8 Å². The molecule has 146 valence electrons. The number of aromatic nitrogens is 2. The number of imide groups is 1. The highest BCUT2D eigenvalue weighted by Gasteiger charge is 2.36. The largest absolute Gasteiger partial charge is 0.360 e. The lowest BCUT2D eigenvalue weighted by Gasteiger charge is -2.14. The van der Waals surface area contributed by atoms with Gasteiger partial charge in [-0.05, 0) is 25.1 Å². The molecule has 1 aromatic carbocycles. The summed E-state index contributed by atoms with van der Waals surface area (Å²) >= 11 is 6.21. The highest BCUT2D eigenvalue weighted by molar-refractivity contribution is 6.33. The van der Waals surface area contributed by atoms with Crippen LogP contribution >= 0.6 is 11.6 Å². The van der Waals surface area contributed by atoms with Gasteiger partial charge in [-0.2, -0.15) is 0 Å². The standard InChI is InChI=1S/C20H15ClN4O4/c1-11-15(16(24-29-11)12-5-2-3-7-14(12)21)18(26)23-9-10-25-19(27)13-6-4-8-22-17(13)20(25)28/h2-8H,9-10H2,1H3,(H,23,26). The number of carbonyl (C=O) groups is 3. The molecule has 0 aliphatic carbocycles. The normalized spacial score (nSPS) is 13.0. The Kier molecular flexibility index (Phi) is 4.85. The predicted molar refractivity (Wildman–Crippen MR) is 104 cm³/mol. The van der Waals surface area contributed by atoms with Gasteiger partial charge in [0.2, 0.25) is 0 Å². The number of aryl methyl sites for hydroxylation is 1. The molecule has 0 radical (unpaired) electrons. The molecule has 1 aliphatic rings. The van der Waals surface area contributed by atoms with Crippen molar-refractivity contribution in [3.8, 4) is 11.3 Å². The number of pyridine rings is 1. The number of hydrogen-bond donors (Lipinski definition) is 1. The minimum Gasteiger partial charge on any atom is -0.360 e. The summed E-state index contributed by atoms with van der Waals surface area (Å²) in [4.78, 5) is 42.4. The second kappa shape index (κ2) is 7.48. The van der Waals surface area contributed by atoms with Gasteiger partial charge in [-0.3, -0.25) is 24.3 Å². The van der Waals surface area contributed by atoms with Gasteiger partial charge in [-0.25, -0.2) is 0 Å². The van der Waals surface area contributed by atoms with E-state index >= 15 is 0 Å². The highest BCUT2D eigenvalue weighted by atomic mass is 35.5. The zero-order valence-electron chi connectivity index (χ0n) is 15.3. The molecule has 0 saturated heterocycles. The molecule has 2 aromatic heterocycles. The van der Waals surface area contributed by atoms with E-state index in [0.29, 0.717) is 22.0 Å². The number of rotatable bonds is 5. The van der Waals surface area contributed by atoms with Crippen LogP contribution in [0.5, 0.6) is 0 Å². The molecular weight excluding hydrogens is 396 g/mol. The Balaban J connectivity index is 1.47. The molecule has 29 heavy (non-hydrogen) atoms. The van der Waals surface area contributed by atoms with Crippen molar-refractivity contribution >= 4 is 29.3 Å². The van der Waals surface area contributed by atoms with Gasteiger partial charge in [0.05, 0.1) is 10.6 Å². The first-order valence-electron chi connectivity index (χ1n) is 8.79. The molecule has 0 atom stereocenters. The topological polar surface area (TPSA) is 105 Å². The summed E-state index contributed by atoms with van der Waals surface area (Å²) in [5.41, 5.74) is 1.54. The molecule has 3 amide bonds. The molecule has 3 heterocycles. The van der Waals surface area contributed by atoms with Crippen LogP contribution in [0.4, 0.5) is 0 Å². The van der Waals surface area contributed by atoms with Crippen molar-refractivity contribution in [3.05, 3.63) is 70.2 Å². The predicted octanol–water partition coefficient (Wildman–Crippen LogP) is 2.72. The summed E-state index contributed by atoms with van der Waals surface area (Å²) < 4.78 is 5.19. The Morgan fingerprint density at radius 1 is 1.10 bits per heavy atom. The molecule has 9 heteroatoms. The zero-order valence-corrected chi connectivity index (χ0v) is 16.1. The maximum absolute atomic E-state index is 12.7. The van der Waals surface area contributed by atoms with Crippen LogP contribution < -0.4 is 5.32 Å². The summed E-state index contributed by atoms with van der Waals surface area (Å²) in [6.07, 6.45) is 1.46. The Morgan fingerprint density at radius 3 is 2.62 bits per heavy atom. The van der Waals surface area contributed by atoms with Crippen LogP contribution in [0.25, 0.3) is 11.3 Å². The lowest BCUT2D eigenvalue weighted by molar-refractivity contribution is 0.0648. The van der Waals surface area contributed by atoms with Gasteiger partial charge in [0.1, 0.15) is 22.7 Å². The molecular formula is C20H15ClN4O4. The lowest BCUT2D eigenvalue weighted by atomic mass is 10.1. The van der Waals surface area contributed by atoms with E-state index in [9.17, 15) is 14.4 Å². The Bertz CT molecular complexity index is 1110. The number of halogens is 1. The average Bonchev–Trinajstić information content (AvgIpc) is 3.21. The Morgan fingerprint density at radius 2 is 1.86 bits per heavy atom. The van der Waals surface area contributed by atoms with Crippen LogP contribution in [0, 0.1) is 6.92 Å². The summed E-state index contributed by atoms with van der Waals surface area (Å²) in [6, 6.07) is 10.1. The van der Waals surface area contributed by atoms with Crippen LogP contribution in [0.2, 0.25) is 5.02 Å². The van der Waals surface area contributed by atoms with Gasteiger partial charge >= 0.3 is 0 Å². The molecule has 1 N–H and O–H groups in total. The van der Waals surface area contributed by atoms with Gasteiger partial charge in [0.15, 0.2) is 0 Å². The highest BCUT2D eigenvalue weighted by Crippen LogP contribution is 2.30. The third kappa shape index (κ3) is 3.27. The number of nitrogens with zero attached hydrogens (tertiary/aromatic N) is 3. The number of nitrogens with one attached hydrogen (secondary N) is 1. The van der Waals surface area contributed by atoms with Crippen molar-refractivity contribution in [1.82, 2.24) is 20.4 Å². The Labute approximate surface area is 170 Å². The smallest absolute Gasteiger partial charge is 0.280 e. The fraction of sp³-hybridized carbons (Fsp3) is 0.150. The lowest BCUT2D eigenvalue weighted by Crippen LogP contribution is -2.38. The van der Waals surface area contributed by atoms with Crippen LogP contribution in [-0.4, -0.2) is 45.9 Å². The molecule has 0 saturated carbocycles. The average molecular weight is 411 g/mol. The zero-order chi connectivity index (χ0) is 20.5. The molecule has 0 fully saturated rings. The minimum absolute atomic E-state index is 0.0194. The van der Waals surface area contributed by atoms with E-state index in [-0.39, 0.29) is 29.9 Å². The second-order valence-electron chi connectivity index (χ2n) is 6.36. The minimum atomic E-state index is -0.474. The van der Waals surface area contributed by atoms with Crippen molar-refractivity contribution in [2.24, 2.45) is 0 Å². The summed E-state index contributed by atoms with van der Waals surface area (Å²) in [5.74, 6) is -1.00. The van der Waals surface area contributed by atoms with E-state index in [1.54, 1.807) is 43.3 Å². The molecule has 0 spiro atoms. The SMILES string of the molecule is Cc1onc(-c2ccccc2Cl)c1C(=O)NCCN1C(=O)c2cccnc2C1=O. The maximum atomic E-state index is 12.7. The number of benzene rings is 1. The van der Waals surface area contributed by atoms with E-state index in [1.165, 1.54) is 6.20 Å². The third-order valence-corrected chi connectivity index (χ3v) is 4.90. The molecule has 0 bridgehead atoms. The molecule has 4 rings (SSSR count). The van der Waals surface area contributed by atoms with Crippen molar-refractivity contribution in [3.63, 3.8) is 0 Å². The van der Waals surface area contributed by atoms with Crippen LogP contribution in [-0.2, 0) is 0 Å². The first-order valence-corrected chi connectivity index (χ1v) is 9.17. The number of amides is 3. The van der Waals surface area contributed by atoms with Crippen molar-refractivity contribution in [1.29, 1.82) is 0 Å². The Hall–Kier alpha value is -3.52. The first kappa shape index (κ1) is 18.8. The van der Waals surface area contributed by atoms with Gasteiger partial charge in [0.25, 0.3) is 17.7 Å². The number of fused-ring (bicyclic) bond motifs is 1. The van der Waals surface area contributed by atoms with E-state index in [1.807, 2.05) is 0 Å². The number of carbonyl (C=O) groups excluding carboxylic acids is 3. The third-order valence-electron chi connectivity index (χ3n) is 4.57. The van der Waals surface area contributed by atoms with E-state index in [2.05, 4.69) is 15.5 Å². The van der Waals surface area contributed by atoms with Crippen LogP contribution in [0.1, 0.15) is 37.0 Å². The fourth-order valence-electron chi connectivity index (χ4n) is 3.16. The first-order chi connectivity index (χ1) is 14.0. The van der Waals surface area contributed by atoms with E-state index in [4.69, 9.17) is 16.1 Å². The van der Waals surface area contributed by atoms with Crippen molar-refractivity contribution in [2.45, 2.75) is 6.92 Å². The van der Waals surface area contributed by atoms with Gasteiger partial charge in [-0.1, -0.05) is 35.0 Å². The molecule has 0 unspecified atom stereocenters. The van der Waals surface area contributed by atoms with Crippen LogP contribution in [0.3, 0.4) is 0 Å².